The second-order valence-electron chi connectivity index (χ2n) is 6.46. The Balaban J connectivity index is 1.49. The molecule has 2 fully saturated rings. The summed E-state index contributed by atoms with van der Waals surface area (Å²) in [6, 6.07) is 5.41. The average Bonchev–Trinajstić information content (AvgIpc) is 3.06. The maximum atomic E-state index is 12.6. The molecule has 0 radical (unpaired) electrons. The zero-order chi connectivity index (χ0) is 15.1. The van der Waals surface area contributed by atoms with Crippen LogP contribution in [0.25, 0.3) is 11.0 Å². The Bertz CT molecular complexity index is 681. The number of carbonyl (C=O) groups excluding carboxylic acids is 1. The maximum Gasteiger partial charge on any atom is 0.253 e. The molecular formula is C17H22N4O. The fourth-order valence-corrected chi connectivity index (χ4v) is 4.32. The zero-order valence-electron chi connectivity index (χ0n) is 12.9. The number of fused-ring (bicyclic) bond motifs is 3. The Kier molecular flexibility index (Phi) is 3.37. The van der Waals surface area contributed by atoms with Crippen molar-refractivity contribution in [3.8, 4) is 0 Å². The van der Waals surface area contributed by atoms with Gasteiger partial charge in [-0.25, -0.2) is 4.98 Å². The minimum Gasteiger partial charge on any atom is -0.349 e. The number of hydrogen-bond acceptors (Lipinski definition) is 3. The Morgan fingerprint density at radius 3 is 2.91 bits per heavy atom. The van der Waals surface area contributed by atoms with Crippen molar-refractivity contribution in [3.05, 3.63) is 30.1 Å². The molecule has 2 saturated heterocycles. The number of hydrogen-bond donors (Lipinski definition) is 2. The number of nitrogens with zero attached hydrogens (tertiary/aromatic N) is 2. The van der Waals surface area contributed by atoms with E-state index in [1.807, 2.05) is 12.1 Å². The minimum absolute atomic E-state index is 0.0219. The SMILES string of the molecule is CCN1C2CCC1CC(NC(=O)c1c[nH]c3ncccc13)C2. The minimum atomic E-state index is 0.0219. The first-order valence-electron chi connectivity index (χ1n) is 8.25. The van der Waals surface area contributed by atoms with E-state index in [0.29, 0.717) is 23.7 Å². The van der Waals surface area contributed by atoms with E-state index in [1.54, 1.807) is 12.4 Å². The standard InChI is InChI=1S/C17H22N4O/c1-2-21-12-5-6-13(21)9-11(8-12)20-17(22)15-10-19-16-14(15)4-3-7-18-16/h3-4,7,10-13H,2,5-6,8-9H2,1H3,(H,18,19)(H,20,22). The lowest BCUT2D eigenvalue weighted by Crippen LogP contribution is -2.50. The van der Waals surface area contributed by atoms with Gasteiger partial charge in [-0.05, 0) is 44.4 Å². The van der Waals surface area contributed by atoms with E-state index in [2.05, 4.69) is 27.1 Å². The second-order valence-corrected chi connectivity index (χ2v) is 6.46. The van der Waals surface area contributed by atoms with Gasteiger partial charge < -0.3 is 10.3 Å². The monoisotopic (exact) mass is 298 g/mol. The Morgan fingerprint density at radius 2 is 2.18 bits per heavy atom. The zero-order valence-corrected chi connectivity index (χ0v) is 12.9. The van der Waals surface area contributed by atoms with E-state index >= 15 is 0 Å². The van der Waals surface area contributed by atoms with Gasteiger partial charge in [0, 0.05) is 35.9 Å². The number of amides is 1. The van der Waals surface area contributed by atoms with Crippen LogP contribution < -0.4 is 5.32 Å². The van der Waals surface area contributed by atoms with Crippen LogP contribution in [0.4, 0.5) is 0 Å². The van der Waals surface area contributed by atoms with Gasteiger partial charge >= 0.3 is 0 Å². The number of carbonyl (C=O) groups is 1. The van der Waals surface area contributed by atoms with Gasteiger partial charge in [0.2, 0.25) is 0 Å². The van der Waals surface area contributed by atoms with Crippen LogP contribution >= 0.6 is 0 Å². The van der Waals surface area contributed by atoms with Crippen LogP contribution in [0.1, 0.15) is 43.0 Å². The van der Waals surface area contributed by atoms with Crippen molar-refractivity contribution in [1.29, 1.82) is 0 Å². The van der Waals surface area contributed by atoms with Gasteiger partial charge in [0.05, 0.1) is 5.56 Å². The van der Waals surface area contributed by atoms with Gasteiger partial charge in [0.1, 0.15) is 5.65 Å². The second kappa shape index (κ2) is 5.39. The summed E-state index contributed by atoms with van der Waals surface area (Å²) in [5.41, 5.74) is 1.47. The van der Waals surface area contributed by atoms with Gasteiger partial charge in [0.15, 0.2) is 0 Å². The molecule has 2 atom stereocenters. The molecule has 2 bridgehead atoms. The number of piperidine rings is 1. The highest BCUT2D eigenvalue weighted by molar-refractivity contribution is 6.05. The summed E-state index contributed by atoms with van der Waals surface area (Å²) in [7, 11) is 0. The molecule has 0 aliphatic carbocycles. The lowest BCUT2D eigenvalue weighted by atomic mass is 9.97. The highest BCUT2D eigenvalue weighted by atomic mass is 16.1. The van der Waals surface area contributed by atoms with E-state index < -0.39 is 0 Å². The molecule has 2 N–H and O–H groups in total. The summed E-state index contributed by atoms with van der Waals surface area (Å²) in [5.74, 6) is 0.0219. The molecule has 22 heavy (non-hydrogen) atoms. The van der Waals surface area contributed by atoms with Crippen molar-refractivity contribution >= 4 is 16.9 Å². The van der Waals surface area contributed by atoms with Crippen molar-refractivity contribution in [2.75, 3.05) is 6.54 Å². The smallest absolute Gasteiger partial charge is 0.253 e. The molecule has 2 aliphatic rings. The largest absolute Gasteiger partial charge is 0.349 e. The van der Waals surface area contributed by atoms with Gasteiger partial charge in [-0.15, -0.1) is 0 Å². The van der Waals surface area contributed by atoms with Crippen LogP contribution in [-0.2, 0) is 0 Å². The third-order valence-corrected chi connectivity index (χ3v) is 5.28. The average molecular weight is 298 g/mol. The third kappa shape index (κ3) is 2.20. The lowest BCUT2D eigenvalue weighted by Gasteiger charge is -2.38. The summed E-state index contributed by atoms with van der Waals surface area (Å²) in [6.07, 6.45) is 8.22. The molecule has 2 aliphatic heterocycles. The number of H-pyrrole nitrogens is 1. The molecule has 2 aromatic heterocycles. The first-order valence-corrected chi connectivity index (χ1v) is 8.25. The molecule has 4 rings (SSSR count). The summed E-state index contributed by atoms with van der Waals surface area (Å²) in [4.78, 5) is 22.5. The Morgan fingerprint density at radius 1 is 1.41 bits per heavy atom. The first-order chi connectivity index (χ1) is 10.8. The fourth-order valence-electron chi connectivity index (χ4n) is 4.32. The number of rotatable bonds is 3. The first kappa shape index (κ1) is 13.8. The van der Waals surface area contributed by atoms with Crippen molar-refractivity contribution < 1.29 is 4.79 Å². The molecule has 4 heterocycles. The molecule has 0 aromatic carbocycles. The highest BCUT2D eigenvalue weighted by Gasteiger charge is 2.40. The number of aromatic amines is 1. The van der Waals surface area contributed by atoms with E-state index in [9.17, 15) is 4.79 Å². The van der Waals surface area contributed by atoms with E-state index in [4.69, 9.17) is 0 Å². The van der Waals surface area contributed by atoms with Crippen LogP contribution in [0, 0.1) is 0 Å². The molecule has 5 heteroatoms. The number of pyridine rings is 1. The van der Waals surface area contributed by atoms with Crippen LogP contribution in [0.3, 0.4) is 0 Å². The van der Waals surface area contributed by atoms with Crippen molar-refractivity contribution in [2.45, 2.75) is 50.7 Å². The van der Waals surface area contributed by atoms with Crippen LogP contribution in [-0.4, -0.2) is 45.4 Å². The van der Waals surface area contributed by atoms with Crippen LogP contribution in [0.15, 0.2) is 24.5 Å². The maximum absolute atomic E-state index is 12.6. The van der Waals surface area contributed by atoms with Gasteiger partial charge in [0.25, 0.3) is 5.91 Å². The number of aromatic nitrogens is 2. The summed E-state index contributed by atoms with van der Waals surface area (Å²) in [6.45, 7) is 3.37. The normalized spacial score (nSPS) is 28.1. The van der Waals surface area contributed by atoms with Gasteiger partial charge in [-0.2, -0.15) is 0 Å². The van der Waals surface area contributed by atoms with Crippen LogP contribution in [0.2, 0.25) is 0 Å². The van der Waals surface area contributed by atoms with Crippen LogP contribution in [0.5, 0.6) is 0 Å². The van der Waals surface area contributed by atoms with E-state index in [1.165, 1.54) is 12.8 Å². The molecule has 5 nitrogen and oxygen atoms in total. The molecule has 2 unspecified atom stereocenters. The molecule has 116 valence electrons. The Labute approximate surface area is 130 Å². The van der Waals surface area contributed by atoms with Crippen molar-refractivity contribution in [2.24, 2.45) is 0 Å². The molecule has 1 amide bonds. The van der Waals surface area contributed by atoms with Crippen molar-refractivity contribution in [1.82, 2.24) is 20.2 Å². The third-order valence-electron chi connectivity index (χ3n) is 5.28. The van der Waals surface area contributed by atoms with E-state index in [0.717, 1.165) is 30.4 Å². The van der Waals surface area contributed by atoms with Crippen molar-refractivity contribution in [3.63, 3.8) is 0 Å². The van der Waals surface area contributed by atoms with E-state index in [-0.39, 0.29) is 5.91 Å². The fraction of sp³-hybridized carbons (Fsp3) is 0.529. The predicted molar refractivity (Wildman–Crippen MR) is 85.8 cm³/mol. The summed E-state index contributed by atoms with van der Waals surface area (Å²) >= 11 is 0. The number of nitrogens with one attached hydrogen (secondary N) is 2. The van der Waals surface area contributed by atoms with Gasteiger partial charge in [-0.3, -0.25) is 9.69 Å². The predicted octanol–water partition coefficient (Wildman–Crippen LogP) is 2.31. The molecule has 0 spiro atoms. The Hall–Kier alpha value is -1.88. The highest BCUT2D eigenvalue weighted by Crippen LogP contribution is 2.35. The molecule has 2 aromatic rings. The quantitative estimate of drug-likeness (QED) is 0.914. The lowest BCUT2D eigenvalue weighted by molar-refractivity contribution is 0.0858. The van der Waals surface area contributed by atoms with Gasteiger partial charge in [-0.1, -0.05) is 6.92 Å². The topological polar surface area (TPSA) is 61.0 Å². The summed E-state index contributed by atoms with van der Waals surface area (Å²) < 4.78 is 0. The molecular weight excluding hydrogens is 276 g/mol. The molecule has 0 saturated carbocycles. The summed E-state index contributed by atoms with van der Waals surface area (Å²) in [5, 5.41) is 4.14.